The number of aliphatic hydroxyl groups excluding tert-OH is 1. The molecule has 0 aliphatic carbocycles. The molecule has 0 bridgehead atoms. The van der Waals surface area contributed by atoms with Crippen LogP contribution < -0.4 is 9.47 Å². The molecule has 0 fully saturated rings. The Bertz CT molecular complexity index is 513. The Morgan fingerprint density at radius 2 is 1.95 bits per heavy atom. The van der Waals surface area contributed by atoms with Crippen molar-refractivity contribution in [3.63, 3.8) is 0 Å². The highest BCUT2D eigenvalue weighted by atomic mass is 32.1. The summed E-state index contributed by atoms with van der Waals surface area (Å²) >= 11 is 1.43. The van der Waals surface area contributed by atoms with Crippen molar-refractivity contribution >= 4 is 11.3 Å². The first-order valence-corrected chi connectivity index (χ1v) is 7.11. The van der Waals surface area contributed by atoms with Gasteiger partial charge in [0.25, 0.3) is 0 Å². The summed E-state index contributed by atoms with van der Waals surface area (Å²) in [7, 11) is 0. The van der Waals surface area contributed by atoms with E-state index in [9.17, 15) is 5.11 Å². The summed E-state index contributed by atoms with van der Waals surface area (Å²) in [4.78, 5) is 4.12. The topological polar surface area (TPSA) is 51.6 Å². The number of ether oxygens (including phenoxy) is 2. The summed E-state index contributed by atoms with van der Waals surface area (Å²) in [6.45, 7) is 4.97. The van der Waals surface area contributed by atoms with Gasteiger partial charge in [0.05, 0.1) is 13.2 Å². The number of hydrogen-bond acceptors (Lipinski definition) is 5. The summed E-state index contributed by atoms with van der Waals surface area (Å²) in [5.41, 5.74) is 0.752. The van der Waals surface area contributed by atoms with E-state index in [1.54, 1.807) is 12.3 Å². The highest BCUT2D eigenvalue weighted by Gasteiger charge is 2.15. The van der Waals surface area contributed by atoms with Crippen molar-refractivity contribution in [3.05, 3.63) is 40.3 Å². The summed E-state index contributed by atoms with van der Waals surface area (Å²) in [6.07, 6.45) is 0.955. The molecule has 2 aromatic rings. The monoisotopic (exact) mass is 279 g/mol. The van der Waals surface area contributed by atoms with Gasteiger partial charge < -0.3 is 14.6 Å². The minimum absolute atomic E-state index is 0.552. The zero-order chi connectivity index (χ0) is 13.7. The molecule has 0 radical (unpaired) electrons. The first kappa shape index (κ1) is 13.8. The first-order chi connectivity index (χ1) is 9.26. The van der Waals surface area contributed by atoms with Gasteiger partial charge in [-0.25, -0.2) is 4.98 Å². The average molecular weight is 279 g/mol. The Balaban J connectivity index is 2.29. The maximum Gasteiger partial charge on any atom is 0.161 e. The molecule has 0 saturated heterocycles. The van der Waals surface area contributed by atoms with E-state index in [1.165, 1.54) is 11.3 Å². The lowest BCUT2D eigenvalue weighted by Crippen LogP contribution is -2.02. The number of hydrogen-bond donors (Lipinski definition) is 1. The molecule has 1 heterocycles. The Morgan fingerprint density at radius 3 is 2.58 bits per heavy atom. The SMILES string of the molecule is CCOc1ccc(C(O)c2nccs2)cc1OCC. The van der Waals surface area contributed by atoms with Crippen LogP contribution in [0, 0.1) is 0 Å². The van der Waals surface area contributed by atoms with Crippen molar-refractivity contribution in [1.82, 2.24) is 4.98 Å². The molecule has 0 aliphatic heterocycles. The highest BCUT2D eigenvalue weighted by Crippen LogP contribution is 2.33. The third-order valence-corrected chi connectivity index (χ3v) is 3.40. The van der Waals surface area contributed by atoms with Crippen LogP contribution in [0.15, 0.2) is 29.8 Å². The van der Waals surface area contributed by atoms with Gasteiger partial charge in [-0.05, 0) is 31.5 Å². The maximum atomic E-state index is 10.2. The molecule has 4 nitrogen and oxygen atoms in total. The average Bonchev–Trinajstić information content (AvgIpc) is 2.94. The second-order valence-electron chi connectivity index (χ2n) is 3.85. The molecule has 1 unspecified atom stereocenters. The van der Waals surface area contributed by atoms with Crippen LogP contribution in [0.25, 0.3) is 0 Å². The minimum atomic E-state index is -0.727. The number of benzene rings is 1. The van der Waals surface area contributed by atoms with E-state index in [1.807, 2.05) is 31.4 Å². The molecule has 1 N–H and O–H groups in total. The summed E-state index contributed by atoms with van der Waals surface area (Å²) in [5, 5.41) is 12.8. The predicted molar refractivity (Wildman–Crippen MR) is 75.0 cm³/mol. The minimum Gasteiger partial charge on any atom is -0.490 e. The van der Waals surface area contributed by atoms with E-state index in [0.29, 0.717) is 29.7 Å². The fraction of sp³-hybridized carbons (Fsp3) is 0.357. The third-order valence-electron chi connectivity index (χ3n) is 2.57. The Kier molecular flexibility index (Phi) is 4.76. The zero-order valence-electron chi connectivity index (χ0n) is 11.0. The van der Waals surface area contributed by atoms with Gasteiger partial charge in [0, 0.05) is 11.6 Å². The predicted octanol–water partition coefficient (Wildman–Crippen LogP) is 3.02. The molecule has 102 valence electrons. The van der Waals surface area contributed by atoms with Crippen LogP contribution >= 0.6 is 11.3 Å². The lowest BCUT2D eigenvalue weighted by Gasteiger charge is -2.14. The number of nitrogens with zero attached hydrogens (tertiary/aromatic N) is 1. The zero-order valence-corrected chi connectivity index (χ0v) is 11.8. The second kappa shape index (κ2) is 6.54. The van der Waals surface area contributed by atoms with Crippen molar-refractivity contribution in [1.29, 1.82) is 0 Å². The van der Waals surface area contributed by atoms with Gasteiger partial charge in [-0.2, -0.15) is 0 Å². The number of thiazole rings is 1. The van der Waals surface area contributed by atoms with Gasteiger partial charge in [-0.3, -0.25) is 0 Å². The van der Waals surface area contributed by atoms with Gasteiger partial charge in [0.15, 0.2) is 11.5 Å². The molecule has 0 amide bonds. The van der Waals surface area contributed by atoms with E-state index < -0.39 is 6.10 Å². The van der Waals surface area contributed by atoms with Crippen LogP contribution in [-0.2, 0) is 0 Å². The van der Waals surface area contributed by atoms with E-state index >= 15 is 0 Å². The van der Waals surface area contributed by atoms with Gasteiger partial charge in [-0.15, -0.1) is 11.3 Å². The summed E-state index contributed by atoms with van der Waals surface area (Å²) < 4.78 is 11.0. The van der Waals surface area contributed by atoms with Gasteiger partial charge in [-0.1, -0.05) is 6.07 Å². The molecule has 0 spiro atoms. The normalized spacial score (nSPS) is 12.2. The molecule has 1 aromatic carbocycles. The molecule has 0 saturated carbocycles. The summed E-state index contributed by atoms with van der Waals surface area (Å²) in [5.74, 6) is 1.34. The number of aliphatic hydroxyl groups is 1. The van der Waals surface area contributed by atoms with Crippen LogP contribution in [0.1, 0.15) is 30.5 Å². The number of aromatic nitrogens is 1. The smallest absolute Gasteiger partial charge is 0.161 e. The Morgan fingerprint density at radius 1 is 1.21 bits per heavy atom. The van der Waals surface area contributed by atoms with Gasteiger partial charge >= 0.3 is 0 Å². The van der Waals surface area contributed by atoms with Gasteiger partial charge in [0.2, 0.25) is 0 Å². The molecule has 1 aromatic heterocycles. The molecule has 19 heavy (non-hydrogen) atoms. The lowest BCUT2D eigenvalue weighted by atomic mass is 10.1. The molecule has 0 aliphatic rings. The van der Waals surface area contributed by atoms with Gasteiger partial charge in [0.1, 0.15) is 11.1 Å². The van der Waals surface area contributed by atoms with Crippen LogP contribution in [0.4, 0.5) is 0 Å². The van der Waals surface area contributed by atoms with E-state index in [2.05, 4.69) is 4.98 Å². The van der Waals surface area contributed by atoms with Crippen LogP contribution in [-0.4, -0.2) is 23.3 Å². The van der Waals surface area contributed by atoms with Crippen molar-refractivity contribution in [2.24, 2.45) is 0 Å². The van der Waals surface area contributed by atoms with E-state index in [-0.39, 0.29) is 0 Å². The second-order valence-corrected chi connectivity index (χ2v) is 4.77. The van der Waals surface area contributed by atoms with Crippen LogP contribution in [0.3, 0.4) is 0 Å². The fourth-order valence-corrected chi connectivity index (χ4v) is 2.40. The summed E-state index contributed by atoms with van der Waals surface area (Å²) in [6, 6.07) is 5.46. The quantitative estimate of drug-likeness (QED) is 0.883. The third kappa shape index (κ3) is 3.24. The lowest BCUT2D eigenvalue weighted by molar-refractivity contribution is 0.218. The van der Waals surface area contributed by atoms with Crippen molar-refractivity contribution in [2.75, 3.05) is 13.2 Å². The Labute approximate surface area is 116 Å². The fourth-order valence-electron chi connectivity index (χ4n) is 1.75. The standard InChI is InChI=1S/C14H17NO3S/c1-3-17-11-6-5-10(9-12(11)18-4-2)13(16)14-15-7-8-19-14/h5-9,13,16H,3-4H2,1-2H3. The largest absolute Gasteiger partial charge is 0.490 e. The number of rotatable bonds is 6. The van der Waals surface area contributed by atoms with E-state index in [4.69, 9.17) is 9.47 Å². The van der Waals surface area contributed by atoms with Crippen LogP contribution in [0.2, 0.25) is 0 Å². The molecular formula is C14H17NO3S. The van der Waals surface area contributed by atoms with Crippen molar-refractivity contribution < 1.29 is 14.6 Å². The molecule has 2 rings (SSSR count). The first-order valence-electron chi connectivity index (χ1n) is 6.23. The molecule has 5 heteroatoms. The molecular weight excluding hydrogens is 262 g/mol. The molecule has 1 atom stereocenters. The Hall–Kier alpha value is -1.59. The maximum absolute atomic E-state index is 10.2. The van der Waals surface area contributed by atoms with Crippen molar-refractivity contribution in [3.8, 4) is 11.5 Å². The van der Waals surface area contributed by atoms with E-state index in [0.717, 1.165) is 5.56 Å². The van der Waals surface area contributed by atoms with Crippen LogP contribution in [0.5, 0.6) is 11.5 Å². The van der Waals surface area contributed by atoms with Crippen molar-refractivity contribution in [2.45, 2.75) is 20.0 Å². The highest BCUT2D eigenvalue weighted by molar-refractivity contribution is 7.09.